The fraction of sp³-hybridized carbons (Fsp3) is 0.391. The number of benzene rings is 2. The molecule has 2 amide bonds. The molecule has 2 rings (SSSR count). The lowest BCUT2D eigenvalue weighted by molar-refractivity contribution is -0.137. The predicted molar refractivity (Wildman–Crippen MR) is 114 cm³/mol. The van der Waals surface area contributed by atoms with Crippen LogP contribution in [0.15, 0.2) is 48.5 Å². The number of hydrogen-bond donors (Lipinski definition) is 4. The van der Waals surface area contributed by atoms with Gasteiger partial charge in [-0.25, -0.2) is 5.48 Å². The molecule has 0 spiro atoms. The number of alkyl halides is 3. The average Bonchev–Trinajstić information content (AvgIpc) is 2.71. The molecule has 0 heterocycles. The molecule has 9 heteroatoms. The number of primary amides is 1. The molecule has 174 valence electrons. The van der Waals surface area contributed by atoms with Gasteiger partial charge in [0.25, 0.3) is 5.91 Å². The van der Waals surface area contributed by atoms with Gasteiger partial charge in [-0.05, 0) is 34.6 Å². The third kappa shape index (κ3) is 6.80. The van der Waals surface area contributed by atoms with Crippen LogP contribution in [0.1, 0.15) is 31.9 Å². The van der Waals surface area contributed by atoms with E-state index in [1.165, 1.54) is 30.3 Å². The van der Waals surface area contributed by atoms with Crippen molar-refractivity contribution >= 4 is 11.8 Å². The maximum absolute atomic E-state index is 13.3. The Hall–Kier alpha value is -2.91. The Morgan fingerprint density at radius 3 is 2.12 bits per heavy atom. The first-order chi connectivity index (χ1) is 14.8. The molecule has 0 aromatic heterocycles. The molecule has 0 aliphatic rings. The smallest absolute Gasteiger partial charge is 0.369 e. The quantitative estimate of drug-likeness (QED) is 0.364. The Labute approximate surface area is 185 Å². The van der Waals surface area contributed by atoms with E-state index in [0.717, 1.165) is 6.07 Å². The van der Waals surface area contributed by atoms with Gasteiger partial charge in [0.15, 0.2) is 0 Å². The third-order valence-corrected chi connectivity index (χ3v) is 4.97. The summed E-state index contributed by atoms with van der Waals surface area (Å²) in [6.45, 7) is 6.18. The van der Waals surface area contributed by atoms with Crippen molar-refractivity contribution in [3.8, 4) is 11.1 Å². The van der Waals surface area contributed by atoms with Crippen molar-refractivity contribution in [3.63, 3.8) is 0 Å². The molecule has 5 N–H and O–H groups in total. The summed E-state index contributed by atoms with van der Waals surface area (Å²) in [5.74, 6) is -2.53. The predicted octanol–water partition coefficient (Wildman–Crippen LogP) is 3.53. The third-order valence-electron chi connectivity index (χ3n) is 4.97. The maximum atomic E-state index is 13.3. The van der Waals surface area contributed by atoms with E-state index < -0.39 is 35.5 Å². The maximum Gasteiger partial charge on any atom is 0.417 e. The number of nitrogens with two attached hydrogens (primary N) is 1. The van der Waals surface area contributed by atoms with Crippen molar-refractivity contribution in [1.29, 1.82) is 0 Å². The van der Waals surface area contributed by atoms with Crippen LogP contribution in [0.4, 0.5) is 13.2 Å². The molecular weight excluding hydrogens is 423 g/mol. The number of halogens is 3. The Balaban J connectivity index is 2.29. The molecule has 32 heavy (non-hydrogen) atoms. The zero-order valence-electron chi connectivity index (χ0n) is 18.2. The molecule has 0 aliphatic carbocycles. The number of hydrogen-bond acceptors (Lipinski definition) is 4. The van der Waals surface area contributed by atoms with Gasteiger partial charge in [-0.2, -0.15) is 13.2 Å². The van der Waals surface area contributed by atoms with Crippen LogP contribution in [0, 0.1) is 11.3 Å². The molecule has 2 atom stereocenters. The minimum atomic E-state index is -4.49. The minimum Gasteiger partial charge on any atom is -0.369 e. The van der Waals surface area contributed by atoms with Crippen LogP contribution >= 0.6 is 0 Å². The van der Waals surface area contributed by atoms with Crippen LogP contribution in [0.25, 0.3) is 11.1 Å². The molecule has 0 saturated carbocycles. The van der Waals surface area contributed by atoms with Crippen molar-refractivity contribution in [2.75, 3.05) is 6.54 Å². The summed E-state index contributed by atoms with van der Waals surface area (Å²) in [6, 6.07) is 10.4. The number of hydroxylamine groups is 1. The highest BCUT2D eigenvalue weighted by atomic mass is 19.4. The molecular formula is C23H28F3N3O3. The summed E-state index contributed by atoms with van der Waals surface area (Å²) in [6.07, 6.45) is -4.43. The van der Waals surface area contributed by atoms with Gasteiger partial charge in [0.05, 0.1) is 11.5 Å². The highest BCUT2D eigenvalue weighted by molar-refractivity contribution is 5.89. The van der Waals surface area contributed by atoms with Crippen LogP contribution in [0.5, 0.6) is 0 Å². The van der Waals surface area contributed by atoms with Crippen LogP contribution in [-0.4, -0.2) is 29.6 Å². The van der Waals surface area contributed by atoms with Gasteiger partial charge in [-0.15, -0.1) is 0 Å². The fourth-order valence-corrected chi connectivity index (χ4v) is 3.34. The summed E-state index contributed by atoms with van der Waals surface area (Å²) in [5.41, 5.74) is 7.17. The Morgan fingerprint density at radius 2 is 1.62 bits per heavy atom. The molecule has 0 fully saturated rings. The van der Waals surface area contributed by atoms with Gasteiger partial charge in [-0.1, -0.05) is 63.2 Å². The minimum absolute atomic E-state index is 0.0439. The van der Waals surface area contributed by atoms with Gasteiger partial charge >= 0.3 is 6.18 Å². The van der Waals surface area contributed by atoms with Crippen molar-refractivity contribution in [3.05, 3.63) is 59.7 Å². The second kappa shape index (κ2) is 10.1. The topological polar surface area (TPSA) is 104 Å². The molecule has 0 bridgehead atoms. The summed E-state index contributed by atoms with van der Waals surface area (Å²) >= 11 is 0. The van der Waals surface area contributed by atoms with Gasteiger partial charge in [0.1, 0.15) is 6.04 Å². The van der Waals surface area contributed by atoms with E-state index in [1.54, 1.807) is 17.6 Å². The first-order valence-electron chi connectivity index (χ1n) is 10.1. The Kier molecular flexibility index (Phi) is 8.03. The van der Waals surface area contributed by atoms with Crippen molar-refractivity contribution in [2.45, 2.75) is 39.4 Å². The van der Waals surface area contributed by atoms with Crippen LogP contribution in [0.3, 0.4) is 0 Å². The van der Waals surface area contributed by atoms with Gasteiger partial charge in [0.2, 0.25) is 5.91 Å². The first kappa shape index (κ1) is 25.4. The van der Waals surface area contributed by atoms with E-state index in [4.69, 9.17) is 10.9 Å². The molecule has 6 nitrogen and oxygen atoms in total. The molecule has 2 aromatic rings. The molecule has 2 aromatic carbocycles. The van der Waals surface area contributed by atoms with Crippen molar-refractivity contribution < 1.29 is 28.0 Å². The van der Waals surface area contributed by atoms with E-state index in [0.29, 0.717) is 17.7 Å². The SMILES string of the molecule is CC(C)(C)CN[C@H](C(=O)NO)[C@@H](Cc1ccc(-c2ccccc2C(F)(F)F)cc1)C(N)=O. The second-order valence-electron chi connectivity index (χ2n) is 8.85. The fourth-order valence-electron chi connectivity index (χ4n) is 3.34. The molecule has 0 unspecified atom stereocenters. The normalized spacial score (nSPS) is 14.0. The summed E-state index contributed by atoms with van der Waals surface area (Å²) < 4.78 is 39.9. The summed E-state index contributed by atoms with van der Waals surface area (Å²) in [7, 11) is 0. The van der Waals surface area contributed by atoms with Gasteiger partial charge in [0, 0.05) is 6.54 Å². The lowest BCUT2D eigenvalue weighted by atomic mass is 9.88. The van der Waals surface area contributed by atoms with Gasteiger partial charge in [-0.3, -0.25) is 14.8 Å². The molecule has 0 saturated heterocycles. The molecule has 0 radical (unpaired) electrons. The van der Waals surface area contributed by atoms with Crippen LogP contribution in [0.2, 0.25) is 0 Å². The second-order valence-corrected chi connectivity index (χ2v) is 8.85. The monoisotopic (exact) mass is 451 g/mol. The van der Waals surface area contributed by atoms with Crippen molar-refractivity contribution in [1.82, 2.24) is 10.8 Å². The Morgan fingerprint density at radius 1 is 1.03 bits per heavy atom. The first-order valence-corrected chi connectivity index (χ1v) is 10.1. The van der Waals surface area contributed by atoms with E-state index in [-0.39, 0.29) is 17.4 Å². The number of carbonyl (C=O) groups excluding carboxylic acids is 2. The highest BCUT2D eigenvalue weighted by Crippen LogP contribution is 2.37. The molecule has 0 aliphatic heterocycles. The van der Waals surface area contributed by atoms with E-state index in [1.807, 2.05) is 20.8 Å². The zero-order valence-corrected chi connectivity index (χ0v) is 18.2. The number of nitrogens with one attached hydrogen (secondary N) is 2. The number of rotatable bonds is 8. The van der Waals surface area contributed by atoms with E-state index in [2.05, 4.69) is 5.32 Å². The highest BCUT2D eigenvalue weighted by Gasteiger charge is 2.34. The van der Waals surface area contributed by atoms with E-state index in [9.17, 15) is 22.8 Å². The van der Waals surface area contributed by atoms with E-state index >= 15 is 0 Å². The van der Waals surface area contributed by atoms with Crippen LogP contribution < -0.4 is 16.5 Å². The lowest BCUT2D eigenvalue weighted by Gasteiger charge is -2.28. The Bertz CT molecular complexity index is 938. The largest absolute Gasteiger partial charge is 0.417 e. The standard InChI is InChI=1S/C23H28F3N3O3/c1-22(2,3)13-28-19(21(31)29-32)17(20(27)30)12-14-8-10-15(11-9-14)16-6-4-5-7-18(16)23(24,25)26/h4-11,17,19,28,32H,12-13H2,1-3H3,(H2,27,30)(H,29,31)/t17-,19+/m1/s1. The van der Waals surface area contributed by atoms with Crippen molar-refractivity contribution in [2.24, 2.45) is 17.1 Å². The lowest BCUT2D eigenvalue weighted by Crippen LogP contribution is -2.54. The average molecular weight is 451 g/mol. The summed E-state index contributed by atoms with van der Waals surface area (Å²) in [4.78, 5) is 24.3. The van der Waals surface area contributed by atoms with Gasteiger partial charge < -0.3 is 11.1 Å². The van der Waals surface area contributed by atoms with Crippen LogP contribution in [-0.2, 0) is 22.2 Å². The zero-order chi connectivity index (χ0) is 24.1. The number of carbonyl (C=O) groups is 2. The summed E-state index contributed by atoms with van der Waals surface area (Å²) in [5, 5.41) is 12.1. The number of amides is 2.